The van der Waals surface area contributed by atoms with Crippen LogP contribution < -0.4 is 5.32 Å². The Morgan fingerprint density at radius 3 is 2.64 bits per heavy atom. The summed E-state index contributed by atoms with van der Waals surface area (Å²) < 4.78 is 63.3. The lowest BCUT2D eigenvalue weighted by atomic mass is 10.1. The Morgan fingerprint density at radius 2 is 1.94 bits per heavy atom. The molecule has 1 aromatic carbocycles. The molecule has 36 heavy (non-hydrogen) atoms. The Kier molecular flexibility index (Phi) is 7.51. The lowest BCUT2D eigenvalue weighted by Gasteiger charge is -2.27. The highest BCUT2D eigenvalue weighted by atomic mass is 19.4. The molecule has 1 fully saturated rings. The summed E-state index contributed by atoms with van der Waals surface area (Å²) in [5.74, 6) is -1.73. The maximum Gasteiger partial charge on any atom is 0.419 e. The quantitative estimate of drug-likeness (QED) is 0.450. The molecule has 11 nitrogen and oxygen atoms in total. The number of hydrogen-bond acceptors (Lipinski definition) is 9. The predicted octanol–water partition coefficient (Wildman–Crippen LogP) is 1.30. The molecule has 3 heterocycles. The minimum atomic E-state index is -4.86. The molecule has 3 aromatic rings. The van der Waals surface area contributed by atoms with Crippen LogP contribution in [0.2, 0.25) is 0 Å². The van der Waals surface area contributed by atoms with Gasteiger partial charge in [-0.25, -0.2) is 14.4 Å². The molecular weight excluding hydrogens is 490 g/mol. The summed E-state index contributed by atoms with van der Waals surface area (Å²) in [5, 5.41) is 23.7. The van der Waals surface area contributed by atoms with Crippen molar-refractivity contribution < 1.29 is 36.9 Å². The maximum atomic E-state index is 13.5. The van der Waals surface area contributed by atoms with Crippen molar-refractivity contribution >= 4 is 5.91 Å². The van der Waals surface area contributed by atoms with Gasteiger partial charge in [0.05, 0.1) is 31.9 Å². The van der Waals surface area contributed by atoms with Crippen molar-refractivity contribution in [1.29, 1.82) is 0 Å². The predicted molar refractivity (Wildman–Crippen MR) is 113 cm³/mol. The number of ether oxygens (including phenoxy) is 2. The third-order valence-electron chi connectivity index (χ3n) is 5.15. The lowest BCUT2D eigenvalue weighted by molar-refractivity contribution is -0.150. The molecule has 1 aliphatic heterocycles. The Hall–Kier alpha value is -3.56. The highest BCUT2D eigenvalue weighted by molar-refractivity contribution is 5.93. The number of nitrogens with zero attached hydrogens (tertiary/aromatic N) is 6. The number of tetrazole rings is 1. The first-order chi connectivity index (χ1) is 17.1. The van der Waals surface area contributed by atoms with Crippen molar-refractivity contribution in [1.82, 2.24) is 35.5 Å². The van der Waals surface area contributed by atoms with Gasteiger partial charge < -0.3 is 19.9 Å². The van der Waals surface area contributed by atoms with Gasteiger partial charge in [-0.1, -0.05) is 6.07 Å². The van der Waals surface area contributed by atoms with E-state index >= 15 is 0 Å². The normalized spacial score (nSPS) is 18.3. The first-order valence-electron chi connectivity index (χ1n) is 10.7. The zero-order chi connectivity index (χ0) is 25.9. The number of aliphatic hydroxyl groups is 1. The first kappa shape index (κ1) is 25.5. The van der Waals surface area contributed by atoms with Crippen LogP contribution in [0.4, 0.5) is 17.6 Å². The Morgan fingerprint density at radius 1 is 1.19 bits per heavy atom. The number of carbonyl (C=O) groups excluding carboxylic acids is 1. The van der Waals surface area contributed by atoms with Crippen molar-refractivity contribution in [3.8, 4) is 11.5 Å². The number of carbonyl (C=O) groups is 1. The molecule has 0 aliphatic carbocycles. The summed E-state index contributed by atoms with van der Waals surface area (Å²) in [6.07, 6.45) is -5.57. The SMILES string of the molecule is Cc1nc(C(=O)NCc2ccc(F)c(C(F)(F)F)c2)cc(-c2nnn(C[C@H]3CO[C@H](CO)CO3)n2)n1. The summed E-state index contributed by atoms with van der Waals surface area (Å²) in [5.41, 5.74) is -1.21. The lowest BCUT2D eigenvalue weighted by Crippen LogP contribution is -2.40. The van der Waals surface area contributed by atoms with Gasteiger partial charge in [-0.3, -0.25) is 4.79 Å². The molecule has 0 saturated carbocycles. The van der Waals surface area contributed by atoms with Gasteiger partial charge in [0, 0.05) is 6.54 Å². The molecule has 0 bridgehead atoms. The van der Waals surface area contributed by atoms with Crippen LogP contribution in [0.1, 0.15) is 27.4 Å². The number of rotatable bonds is 7. The van der Waals surface area contributed by atoms with Crippen LogP contribution in [0.25, 0.3) is 11.5 Å². The fourth-order valence-corrected chi connectivity index (χ4v) is 3.37. The minimum absolute atomic E-state index is 0.0620. The number of benzene rings is 1. The number of amides is 1. The fourth-order valence-electron chi connectivity index (χ4n) is 3.37. The van der Waals surface area contributed by atoms with E-state index in [1.807, 2.05) is 0 Å². The number of aliphatic hydroxyl groups excluding tert-OH is 1. The number of aromatic nitrogens is 6. The average molecular weight is 511 g/mol. The van der Waals surface area contributed by atoms with Crippen LogP contribution in [0.3, 0.4) is 0 Å². The number of halogens is 4. The molecule has 0 radical (unpaired) electrons. The zero-order valence-electron chi connectivity index (χ0n) is 18.9. The molecule has 2 N–H and O–H groups in total. The van der Waals surface area contributed by atoms with Gasteiger partial charge in [0.1, 0.15) is 35.2 Å². The van der Waals surface area contributed by atoms with Gasteiger partial charge >= 0.3 is 6.18 Å². The van der Waals surface area contributed by atoms with Crippen LogP contribution in [0, 0.1) is 12.7 Å². The van der Waals surface area contributed by atoms with Crippen LogP contribution in [-0.4, -0.2) is 73.2 Å². The van der Waals surface area contributed by atoms with E-state index in [1.54, 1.807) is 6.92 Å². The van der Waals surface area contributed by atoms with Gasteiger partial charge in [-0.2, -0.15) is 18.0 Å². The summed E-state index contributed by atoms with van der Waals surface area (Å²) in [6.45, 7) is 1.85. The monoisotopic (exact) mass is 511 g/mol. The van der Waals surface area contributed by atoms with E-state index < -0.39 is 23.5 Å². The molecule has 15 heteroatoms. The Balaban J connectivity index is 1.42. The van der Waals surface area contributed by atoms with Gasteiger partial charge in [0.2, 0.25) is 5.82 Å². The van der Waals surface area contributed by atoms with Crippen LogP contribution in [0.5, 0.6) is 0 Å². The number of aryl methyl sites for hydroxylation is 1. The smallest absolute Gasteiger partial charge is 0.394 e. The van der Waals surface area contributed by atoms with Crippen LogP contribution in [-0.2, 0) is 28.7 Å². The molecule has 2 aromatic heterocycles. The fraction of sp³-hybridized carbons (Fsp3) is 0.429. The highest BCUT2D eigenvalue weighted by Gasteiger charge is 2.34. The van der Waals surface area contributed by atoms with E-state index in [1.165, 1.54) is 10.9 Å². The zero-order valence-corrected chi connectivity index (χ0v) is 18.9. The molecule has 4 rings (SSSR count). The second-order valence-corrected chi connectivity index (χ2v) is 7.94. The maximum absolute atomic E-state index is 13.5. The van der Waals surface area contributed by atoms with E-state index in [0.717, 1.165) is 6.07 Å². The largest absolute Gasteiger partial charge is 0.419 e. The minimum Gasteiger partial charge on any atom is -0.394 e. The molecule has 1 saturated heterocycles. The third-order valence-corrected chi connectivity index (χ3v) is 5.15. The van der Waals surface area contributed by atoms with Crippen molar-refractivity contribution in [2.24, 2.45) is 0 Å². The van der Waals surface area contributed by atoms with Crippen molar-refractivity contribution in [3.05, 3.63) is 52.7 Å². The molecule has 2 atom stereocenters. The third kappa shape index (κ3) is 6.16. The van der Waals surface area contributed by atoms with E-state index in [2.05, 4.69) is 30.7 Å². The topological polar surface area (TPSA) is 137 Å². The number of alkyl halides is 3. The summed E-state index contributed by atoms with van der Waals surface area (Å²) in [7, 11) is 0. The van der Waals surface area contributed by atoms with Crippen LogP contribution in [0.15, 0.2) is 24.3 Å². The standard InChI is InChI=1S/C21H21F4N7O4/c1-11-27-17(19-29-31-32(30-19)7-13-9-36-14(8-33)10-35-13)5-18(28-11)20(34)26-6-12-2-3-16(22)15(4-12)21(23,24)25/h2-5,13-14,33H,6-10H2,1H3,(H,26,34)/t13-,14+/m0/s1. The summed E-state index contributed by atoms with van der Waals surface area (Å²) in [6, 6.07) is 3.80. The highest BCUT2D eigenvalue weighted by Crippen LogP contribution is 2.31. The van der Waals surface area contributed by atoms with Gasteiger partial charge in [-0.15, -0.1) is 10.2 Å². The van der Waals surface area contributed by atoms with Crippen molar-refractivity contribution in [2.45, 2.75) is 38.4 Å². The van der Waals surface area contributed by atoms with Crippen LogP contribution >= 0.6 is 0 Å². The van der Waals surface area contributed by atoms with Gasteiger partial charge in [-0.05, 0) is 35.9 Å². The second kappa shape index (κ2) is 10.6. The van der Waals surface area contributed by atoms with E-state index in [4.69, 9.17) is 14.6 Å². The molecule has 192 valence electrons. The van der Waals surface area contributed by atoms with Gasteiger partial charge in [0.25, 0.3) is 5.91 Å². The van der Waals surface area contributed by atoms with E-state index in [0.29, 0.717) is 12.1 Å². The van der Waals surface area contributed by atoms with Crippen molar-refractivity contribution in [3.63, 3.8) is 0 Å². The van der Waals surface area contributed by atoms with Crippen molar-refractivity contribution in [2.75, 3.05) is 19.8 Å². The molecule has 1 aliphatic rings. The number of hydrogen-bond donors (Lipinski definition) is 2. The molecule has 1 amide bonds. The molecule has 0 unspecified atom stereocenters. The van der Waals surface area contributed by atoms with E-state index in [-0.39, 0.29) is 73.7 Å². The first-order valence-corrected chi connectivity index (χ1v) is 10.7. The summed E-state index contributed by atoms with van der Waals surface area (Å²) >= 11 is 0. The molecular formula is C21H21F4N7O4. The Labute approximate surface area is 201 Å². The van der Waals surface area contributed by atoms with E-state index in [9.17, 15) is 22.4 Å². The number of nitrogens with one attached hydrogen (secondary N) is 1. The summed E-state index contributed by atoms with van der Waals surface area (Å²) in [4.78, 5) is 22.2. The Bertz CT molecular complexity index is 1230. The second-order valence-electron chi connectivity index (χ2n) is 7.94. The van der Waals surface area contributed by atoms with Gasteiger partial charge in [0.15, 0.2) is 0 Å². The average Bonchev–Trinajstić information content (AvgIpc) is 3.31. The molecule has 0 spiro atoms.